The Kier molecular flexibility index (Phi) is 4.03. The lowest BCUT2D eigenvalue weighted by molar-refractivity contribution is 0.664. The molecule has 2 aromatic carbocycles. The summed E-state index contributed by atoms with van der Waals surface area (Å²) in [6.07, 6.45) is 1.51. The van der Waals surface area contributed by atoms with E-state index in [4.69, 9.17) is 11.6 Å². The van der Waals surface area contributed by atoms with Crippen molar-refractivity contribution in [3.8, 4) is 0 Å². The van der Waals surface area contributed by atoms with Crippen LogP contribution in [-0.2, 0) is 6.54 Å². The lowest BCUT2D eigenvalue weighted by Gasteiger charge is -2.08. The Hall–Kier alpha value is -2.99. The van der Waals surface area contributed by atoms with E-state index in [1.807, 2.05) is 55.5 Å². The molecule has 124 valence electrons. The molecule has 0 aliphatic carbocycles. The molecule has 1 N–H and O–H groups in total. The van der Waals surface area contributed by atoms with Crippen molar-refractivity contribution in [2.75, 3.05) is 5.32 Å². The maximum absolute atomic E-state index is 6.24. The number of aryl methyl sites for hydroxylation is 1. The summed E-state index contributed by atoms with van der Waals surface area (Å²) < 4.78 is 1.72. The van der Waals surface area contributed by atoms with Gasteiger partial charge in [-0.25, -0.2) is 14.6 Å². The van der Waals surface area contributed by atoms with Crippen LogP contribution in [0.5, 0.6) is 0 Å². The second kappa shape index (κ2) is 6.49. The Morgan fingerprint density at radius 1 is 1.04 bits per heavy atom. The van der Waals surface area contributed by atoms with Gasteiger partial charge in [0.05, 0.1) is 6.54 Å². The van der Waals surface area contributed by atoms with Crippen molar-refractivity contribution in [1.29, 1.82) is 0 Å². The van der Waals surface area contributed by atoms with Gasteiger partial charge in [0.15, 0.2) is 17.0 Å². The minimum atomic E-state index is 0.497. The van der Waals surface area contributed by atoms with Crippen LogP contribution in [0, 0.1) is 6.92 Å². The molecule has 0 aliphatic rings. The summed E-state index contributed by atoms with van der Waals surface area (Å²) >= 11 is 6.24. The predicted molar refractivity (Wildman–Crippen MR) is 98.1 cm³/mol. The molecule has 6 nitrogen and oxygen atoms in total. The van der Waals surface area contributed by atoms with E-state index in [9.17, 15) is 0 Å². The number of halogens is 1. The molecule has 0 aliphatic heterocycles. The minimum absolute atomic E-state index is 0.497. The van der Waals surface area contributed by atoms with Crippen molar-refractivity contribution in [2.45, 2.75) is 13.5 Å². The van der Waals surface area contributed by atoms with Crippen LogP contribution in [0.25, 0.3) is 11.2 Å². The zero-order valence-electron chi connectivity index (χ0n) is 13.5. The Labute approximate surface area is 149 Å². The van der Waals surface area contributed by atoms with Gasteiger partial charge in [0.25, 0.3) is 0 Å². The van der Waals surface area contributed by atoms with E-state index in [0.29, 0.717) is 28.5 Å². The van der Waals surface area contributed by atoms with Crippen LogP contribution in [0.3, 0.4) is 0 Å². The smallest absolute Gasteiger partial charge is 0.184 e. The molecular formula is C18H15ClN6. The number of fused-ring (bicyclic) bond motifs is 1. The van der Waals surface area contributed by atoms with Crippen molar-refractivity contribution in [2.24, 2.45) is 0 Å². The molecule has 0 amide bonds. The van der Waals surface area contributed by atoms with Crippen molar-refractivity contribution in [1.82, 2.24) is 25.0 Å². The number of hydrogen-bond acceptors (Lipinski definition) is 5. The molecule has 0 atom stereocenters. The second-order valence-corrected chi connectivity index (χ2v) is 6.08. The first-order valence-electron chi connectivity index (χ1n) is 7.82. The molecule has 0 saturated heterocycles. The molecule has 0 fully saturated rings. The number of para-hydroxylation sites is 1. The first kappa shape index (κ1) is 15.5. The van der Waals surface area contributed by atoms with Crippen molar-refractivity contribution in [3.05, 3.63) is 71.0 Å². The molecular weight excluding hydrogens is 336 g/mol. The van der Waals surface area contributed by atoms with E-state index in [1.165, 1.54) is 6.33 Å². The summed E-state index contributed by atoms with van der Waals surface area (Å²) in [4.78, 5) is 8.65. The van der Waals surface area contributed by atoms with Crippen LogP contribution in [0.1, 0.15) is 11.1 Å². The Morgan fingerprint density at radius 3 is 2.68 bits per heavy atom. The number of nitrogens with zero attached hydrogens (tertiary/aromatic N) is 5. The monoisotopic (exact) mass is 350 g/mol. The van der Waals surface area contributed by atoms with E-state index in [0.717, 1.165) is 16.8 Å². The van der Waals surface area contributed by atoms with E-state index >= 15 is 0 Å². The zero-order valence-corrected chi connectivity index (χ0v) is 14.3. The fourth-order valence-corrected chi connectivity index (χ4v) is 2.81. The SMILES string of the molecule is Cc1ccccc1Nc1ncnc2c1nnn2Cc1ccccc1Cl. The summed E-state index contributed by atoms with van der Waals surface area (Å²) in [5, 5.41) is 12.5. The van der Waals surface area contributed by atoms with E-state index in [1.54, 1.807) is 4.68 Å². The molecule has 0 spiro atoms. The van der Waals surface area contributed by atoms with Crippen LogP contribution in [0.2, 0.25) is 5.02 Å². The zero-order chi connectivity index (χ0) is 17.2. The van der Waals surface area contributed by atoms with Crippen molar-refractivity contribution < 1.29 is 0 Å². The van der Waals surface area contributed by atoms with Crippen LogP contribution >= 0.6 is 11.6 Å². The summed E-state index contributed by atoms with van der Waals surface area (Å²) in [7, 11) is 0. The fourth-order valence-electron chi connectivity index (χ4n) is 2.62. The molecule has 0 bridgehead atoms. The minimum Gasteiger partial charge on any atom is -0.338 e. The van der Waals surface area contributed by atoms with Gasteiger partial charge in [0, 0.05) is 10.7 Å². The van der Waals surface area contributed by atoms with Gasteiger partial charge in [-0.3, -0.25) is 0 Å². The number of hydrogen-bond donors (Lipinski definition) is 1. The maximum atomic E-state index is 6.24. The highest BCUT2D eigenvalue weighted by Crippen LogP contribution is 2.24. The molecule has 0 saturated carbocycles. The molecule has 4 aromatic rings. The topological polar surface area (TPSA) is 68.5 Å². The van der Waals surface area contributed by atoms with Gasteiger partial charge in [0.1, 0.15) is 6.33 Å². The second-order valence-electron chi connectivity index (χ2n) is 5.67. The van der Waals surface area contributed by atoms with Crippen LogP contribution in [-0.4, -0.2) is 25.0 Å². The average Bonchev–Trinajstić information content (AvgIpc) is 3.03. The number of nitrogens with one attached hydrogen (secondary N) is 1. The standard InChI is InChI=1S/C18H15ClN6/c1-12-6-2-5-9-15(12)22-17-16-18(21-11-20-17)25(24-23-16)10-13-7-3-4-8-14(13)19/h2-9,11H,10H2,1H3,(H,20,21,22). The van der Waals surface area contributed by atoms with E-state index < -0.39 is 0 Å². The van der Waals surface area contributed by atoms with Gasteiger partial charge >= 0.3 is 0 Å². The molecule has 0 unspecified atom stereocenters. The van der Waals surface area contributed by atoms with Gasteiger partial charge in [0.2, 0.25) is 0 Å². The number of rotatable bonds is 4. The van der Waals surface area contributed by atoms with Crippen molar-refractivity contribution in [3.63, 3.8) is 0 Å². The highest BCUT2D eigenvalue weighted by molar-refractivity contribution is 6.31. The lowest BCUT2D eigenvalue weighted by atomic mass is 10.2. The highest BCUT2D eigenvalue weighted by Gasteiger charge is 2.13. The normalized spacial score (nSPS) is 11.0. The van der Waals surface area contributed by atoms with Crippen LogP contribution < -0.4 is 5.32 Å². The molecule has 0 radical (unpaired) electrons. The maximum Gasteiger partial charge on any atom is 0.184 e. The molecule has 7 heteroatoms. The summed E-state index contributed by atoms with van der Waals surface area (Å²) in [6.45, 7) is 2.53. The Morgan fingerprint density at radius 2 is 1.84 bits per heavy atom. The predicted octanol–water partition coefficient (Wildman–Crippen LogP) is 3.98. The van der Waals surface area contributed by atoms with Gasteiger partial charge in [-0.1, -0.05) is 53.2 Å². The first-order valence-corrected chi connectivity index (χ1v) is 8.20. The molecule has 25 heavy (non-hydrogen) atoms. The summed E-state index contributed by atoms with van der Waals surface area (Å²) in [5.74, 6) is 0.629. The average molecular weight is 351 g/mol. The Balaban J connectivity index is 1.71. The first-order chi connectivity index (χ1) is 12.2. The van der Waals surface area contributed by atoms with E-state index in [2.05, 4.69) is 25.6 Å². The third-order valence-corrected chi connectivity index (χ3v) is 4.34. The van der Waals surface area contributed by atoms with Gasteiger partial charge in [-0.2, -0.15) is 0 Å². The fraction of sp³-hybridized carbons (Fsp3) is 0.111. The molecule has 2 aromatic heterocycles. The van der Waals surface area contributed by atoms with Crippen LogP contribution in [0.4, 0.5) is 11.5 Å². The van der Waals surface area contributed by atoms with Crippen LogP contribution in [0.15, 0.2) is 54.9 Å². The van der Waals surface area contributed by atoms with Crippen molar-refractivity contribution >= 4 is 34.3 Å². The van der Waals surface area contributed by atoms with E-state index in [-0.39, 0.29) is 0 Å². The molecule has 4 rings (SSSR count). The lowest BCUT2D eigenvalue weighted by Crippen LogP contribution is -2.04. The van der Waals surface area contributed by atoms with Gasteiger partial charge in [-0.05, 0) is 30.2 Å². The molecule has 2 heterocycles. The summed E-state index contributed by atoms with van der Waals surface area (Å²) in [6, 6.07) is 15.7. The quantitative estimate of drug-likeness (QED) is 0.603. The van der Waals surface area contributed by atoms with Gasteiger partial charge < -0.3 is 5.32 Å². The van der Waals surface area contributed by atoms with Gasteiger partial charge in [-0.15, -0.1) is 5.10 Å². The third-order valence-electron chi connectivity index (χ3n) is 3.98. The number of anilines is 2. The largest absolute Gasteiger partial charge is 0.338 e. The third kappa shape index (κ3) is 3.04. The Bertz CT molecular complexity index is 1040. The summed E-state index contributed by atoms with van der Waals surface area (Å²) in [5.41, 5.74) is 4.34. The number of benzene rings is 2. The number of aromatic nitrogens is 5. The highest BCUT2D eigenvalue weighted by atomic mass is 35.5.